The molecule has 4 aromatic rings. The third kappa shape index (κ3) is 6.09. The van der Waals surface area contributed by atoms with Gasteiger partial charge < -0.3 is 9.42 Å². The molecule has 0 atom stereocenters. The second-order valence-electron chi connectivity index (χ2n) is 8.12. The predicted octanol–water partition coefficient (Wildman–Crippen LogP) is 3.42. The van der Waals surface area contributed by atoms with Crippen LogP contribution in [0.15, 0.2) is 76.7 Å². The Morgan fingerprint density at radius 3 is 2.63 bits per heavy atom. The van der Waals surface area contributed by atoms with Crippen molar-refractivity contribution in [1.29, 1.82) is 0 Å². The molecule has 1 aliphatic heterocycles. The molecular formula is C25H25N7O2S. The van der Waals surface area contributed by atoms with E-state index in [4.69, 9.17) is 4.52 Å². The van der Waals surface area contributed by atoms with Crippen LogP contribution in [0.5, 0.6) is 0 Å². The van der Waals surface area contributed by atoms with Gasteiger partial charge in [0.05, 0.1) is 23.7 Å². The standard InChI is InChI=1S/C25H25N7O2S/c33-23(18-35-25-27-12-10-21(28-25)20-9-4-5-11-26-20)32-14-6-13-31(15-16-32)17-22-29-24(34-30-22)19-7-2-1-3-8-19/h1-5,7-12H,6,13-18H2. The first-order valence-electron chi connectivity index (χ1n) is 11.5. The van der Waals surface area contributed by atoms with E-state index in [-0.39, 0.29) is 5.91 Å². The van der Waals surface area contributed by atoms with Gasteiger partial charge in [0.1, 0.15) is 0 Å². The molecule has 1 amide bonds. The van der Waals surface area contributed by atoms with E-state index < -0.39 is 0 Å². The number of benzene rings is 1. The largest absolute Gasteiger partial charge is 0.341 e. The Morgan fingerprint density at radius 2 is 1.77 bits per heavy atom. The smallest absolute Gasteiger partial charge is 0.257 e. The van der Waals surface area contributed by atoms with Crippen LogP contribution in [0, 0.1) is 0 Å². The fraction of sp³-hybridized carbons (Fsp3) is 0.280. The Hall–Kier alpha value is -3.63. The number of rotatable bonds is 7. The highest BCUT2D eigenvalue weighted by molar-refractivity contribution is 7.99. The molecule has 0 aliphatic carbocycles. The molecule has 35 heavy (non-hydrogen) atoms. The maximum absolute atomic E-state index is 12.9. The van der Waals surface area contributed by atoms with Crippen LogP contribution in [0.3, 0.4) is 0 Å². The highest BCUT2D eigenvalue weighted by atomic mass is 32.2. The summed E-state index contributed by atoms with van der Waals surface area (Å²) in [7, 11) is 0. The minimum atomic E-state index is 0.0922. The number of pyridine rings is 1. The number of carbonyl (C=O) groups is 1. The Bertz CT molecular complexity index is 1250. The minimum Gasteiger partial charge on any atom is -0.341 e. The quantitative estimate of drug-likeness (QED) is 0.287. The van der Waals surface area contributed by atoms with Crippen molar-refractivity contribution in [3.63, 3.8) is 0 Å². The molecule has 1 aliphatic rings. The van der Waals surface area contributed by atoms with E-state index in [1.54, 1.807) is 12.4 Å². The van der Waals surface area contributed by atoms with Gasteiger partial charge in [-0.05, 0) is 36.8 Å². The monoisotopic (exact) mass is 487 g/mol. The Labute approximate surface area is 207 Å². The number of amides is 1. The fourth-order valence-electron chi connectivity index (χ4n) is 3.88. The van der Waals surface area contributed by atoms with Gasteiger partial charge in [0.15, 0.2) is 11.0 Å². The van der Waals surface area contributed by atoms with E-state index in [0.29, 0.717) is 35.7 Å². The molecular weight excluding hydrogens is 462 g/mol. The molecule has 10 heteroatoms. The van der Waals surface area contributed by atoms with Gasteiger partial charge in [-0.3, -0.25) is 14.7 Å². The average Bonchev–Trinajstić information content (AvgIpc) is 3.26. The summed E-state index contributed by atoms with van der Waals surface area (Å²) in [5.41, 5.74) is 2.44. The van der Waals surface area contributed by atoms with Crippen molar-refractivity contribution < 1.29 is 9.32 Å². The molecule has 0 unspecified atom stereocenters. The topological polar surface area (TPSA) is 101 Å². The van der Waals surface area contributed by atoms with E-state index in [1.807, 2.05) is 59.5 Å². The molecule has 0 saturated carbocycles. The third-order valence-electron chi connectivity index (χ3n) is 5.68. The lowest BCUT2D eigenvalue weighted by molar-refractivity contribution is -0.128. The molecule has 0 N–H and O–H groups in total. The summed E-state index contributed by atoms with van der Waals surface area (Å²) in [5, 5.41) is 4.71. The van der Waals surface area contributed by atoms with Gasteiger partial charge in [-0.2, -0.15) is 4.98 Å². The summed E-state index contributed by atoms with van der Waals surface area (Å²) in [6, 6.07) is 17.3. The molecule has 5 rings (SSSR count). The van der Waals surface area contributed by atoms with Crippen molar-refractivity contribution in [1.82, 2.24) is 34.9 Å². The Balaban J connectivity index is 1.12. The van der Waals surface area contributed by atoms with Crippen LogP contribution in [0.4, 0.5) is 0 Å². The van der Waals surface area contributed by atoms with Gasteiger partial charge in [-0.15, -0.1) is 0 Å². The number of carbonyl (C=O) groups excluding carboxylic acids is 1. The molecule has 4 heterocycles. The molecule has 0 radical (unpaired) electrons. The lowest BCUT2D eigenvalue weighted by atomic mass is 10.2. The van der Waals surface area contributed by atoms with E-state index in [0.717, 1.165) is 43.0 Å². The fourth-order valence-corrected chi connectivity index (χ4v) is 4.61. The molecule has 1 fully saturated rings. The summed E-state index contributed by atoms with van der Waals surface area (Å²) in [6.07, 6.45) is 4.33. The van der Waals surface area contributed by atoms with E-state index in [2.05, 4.69) is 30.0 Å². The second kappa shape index (κ2) is 11.2. The van der Waals surface area contributed by atoms with Crippen LogP contribution < -0.4 is 0 Å². The van der Waals surface area contributed by atoms with Crippen molar-refractivity contribution >= 4 is 17.7 Å². The van der Waals surface area contributed by atoms with Gasteiger partial charge in [-0.25, -0.2) is 9.97 Å². The Morgan fingerprint density at radius 1 is 0.886 bits per heavy atom. The zero-order valence-electron chi connectivity index (χ0n) is 19.2. The number of nitrogens with zero attached hydrogens (tertiary/aromatic N) is 7. The summed E-state index contributed by atoms with van der Waals surface area (Å²) in [4.78, 5) is 34.8. The van der Waals surface area contributed by atoms with Crippen molar-refractivity contribution in [2.24, 2.45) is 0 Å². The molecule has 1 aromatic carbocycles. The first kappa shape index (κ1) is 23.1. The van der Waals surface area contributed by atoms with Gasteiger partial charge in [0, 0.05) is 44.1 Å². The van der Waals surface area contributed by atoms with Crippen molar-refractivity contribution in [3.8, 4) is 22.8 Å². The van der Waals surface area contributed by atoms with Crippen LogP contribution in [-0.2, 0) is 11.3 Å². The van der Waals surface area contributed by atoms with Crippen LogP contribution in [0.25, 0.3) is 22.8 Å². The van der Waals surface area contributed by atoms with Crippen LogP contribution in [-0.4, -0.2) is 72.7 Å². The number of aromatic nitrogens is 5. The third-order valence-corrected chi connectivity index (χ3v) is 6.53. The minimum absolute atomic E-state index is 0.0922. The van der Waals surface area contributed by atoms with E-state index >= 15 is 0 Å². The normalized spacial score (nSPS) is 14.6. The van der Waals surface area contributed by atoms with Crippen LogP contribution in [0.1, 0.15) is 12.2 Å². The lowest BCUT2D eigenvalue weighted by Crippen LogP contribution is -2.36. The summed E-state index contributed by atoms with van der Waals surface area (Å²) in [5.74, 6) is 1.58. The molecule has 1 saturated heterocycles. The maximum Gasteiger partial charge on any atom is 0.257 e. The number of hydrogen-bond donors (Lipinski definition) is 0. The van der Waals surface area contributed by atoms with Gasteiger partial charge in [0.25, 0.3) is 5.89 Å². The molecule has 0 spiro atoms. The predicted molar refractivity (Wildman–Crippen MR) is 132 cm³/mol. The lowest BCUT2D eigenvalue weighted by Gasteiger charge is -2.21. The maximum atomic E-state index is 12.9. The average molecular weight is 488 g/mol. The van der Waals surface area contributed by atoms with E-state index in [1.165, 1.54) is 11.8 Å². The van der Waals surface area contributed by atoms with Crippen molar-refractivity contribution in [3.05, 3.63) is 72.8 Å². The molecule has 0 bridgehead atoms. The molecule has 178 valence electrons. The van der Waals surface area contributed by atoms with Crippen molar-refractivity contribution in [2.45, 2.75) is 18.1 Å². The molecule has 3 aromatic heterocycles. The SMILES string of the molecule is O=C(CSc1nccc(-c2ccccn2)n1)N1CCCN(Cc2noc(-c3ccccc3)n2)CC1. The highest BCUT2D eigenvalue weighted by Crippen LogP contribution is 2.20. The Kier molecular flexibility index (Phi) is 7.40. The zero-order chi connectivity index (χ0) is 23.9. The summed E-state index contributed by atoms with van der Waals surface area (Å²) < 4.78 is 5.42. The van der Waals surface area contributed by atoms with Crippen molar-refractivity contribution in [2.75, 3.05) is 31.9 Å². The summed E-state index contributed by atoms with van der Waals surface area (Å²) in [6.45, 7) is 3.63. The van der Waals surface area contributed by atoms with Crippen LogP contribution in [0.2, 0.25) is 0 Å². The van der Waals surface area contributed by atoms with E-state index in [9.17, 15) is 4.79 Å². The number of thioether (sulfide) groups is 1. The number of hydrogen-bond acceptors (Lipinski definition) is 9. The van der Waals surface area contributed by atoms with Gasteiger partial charge in [-0.1, -0.05) is 41.2 Å². The second-order valence-corrected chi connectivity index (χ2v) is 9.06. The first-order chi connectivity index (χ1) is 17.2. The van der Waals surface area contributed by atoms with Gasteiger partial charge >= 0.3 is 0 Å². The zero-order valence-corrected chi connectivity index (χ0v) is 20.0. The summed E-state index contributed by atoms with van der Waals surface area (Å²) >= 11 is 1.35. The van der Waals surface area contributed by atoms with Crippen LogP contribution >= 0.6 is 11.8 Å². The first-order valence-corrected chi connectivity index (χ1v) is 12.5. The molecule has 9 nitrogen and oxygen atoms in total. The van der Waals surface area contributed by atoms with Gasteiger partial charge in [0.2, 0.25) is 5.91 Å². The highest BCUT2D eigenvalue weighted by Gasteiger charge is 2.21.